The third-order valence-corrected chi connectivity index (χ3v) is 1.28. The van der Waals surface area contributed by atoms with Gasteiger partial charge in [-0.2, -0.15) is 10.2 Å². The van der Waals surface area contributed by atoms with Crippen LogP contribution in [-0.4, -0.2) is 0 Å². The van der Waals surface area contributed by atoms with E-state index in [-0.39, 0.29) is 0 Å². The van der Waals surface area contributed by atoms with Crippen molar-refractivity contribution >= 4 is 0 Å². The second-order valence-electron chi connectivity index (χ2n) is 2.26. The number of rotatable bonds is 6. The van der Waals surface area contributed by atoms with Crippen LogP contribution in [0.1, 0.15) is 0 Å². The quantitative estimate of drug-likeness (QED) is 0.443. The number of allylic oxidation sites excluding steroid dienone is 6. The second kappa shape index (κ2) is 7.68. The van der Waals surface area contributed by atoms with Gasteiger partial charge in [0.15, 0.2) is 0 Å². The smallest absolute Gasteiger partial charge is 0.0850 e. The molecule has 0 aromatic carbocycles. The molecular weight excluding hydrogens is 172 g/mol. The standard InChI is InChI=1S/C12H14N2/c1-5-9-11(7-3)13-14-12(8-4)10-6-2/h5-10H,1-4H2/b11-9+,12-10+,14-13?. The number of hydrogen-bond donors (Lipinski definition) is 0. The van der Waals surface area contributed by atoms with E-state index in [4.69, 9.17) is 0 Å². The Kier molecular flexibility index (Phi) is 6.60. The van der Waals surface area contributed by atoms with E-state index in [0.29, 0.717) is 11.4 Å². The number of nitrogens with zero attached hydrogens (tertiary/aromatic N) is 2. The van der Waals surface area contributed by atoms with E-state index in [1.807, 2.05) is 0 Å². The summed E-state index contributed by atoms with van der Waals surface area (Å²) in [5, 5.41) is 7.86. The molecule has 0 rings (SSSR count). The zero-order valence-corrected chi connectivity index (χ0v) is 8.19. The normalized spacial score (nSPS) is 12.6. The van der Waals surface area contributed by atoms with Crippen LogP contribution >= 0.6 is 0 Å². The molecule has 0 heterocycles. The molecule has 0 N–H and O–H groups in total. The Balaban J connectivity index is 4.69. The fourth-order valence-electron chi connectivity index (χ4n) is 0.641. The van der Waals surface area contributed by atoms with E-state index in [0.717, 1.165) is 0 Å². The lowest BCUT2D eigenvalue weighted by Gasteiger charge is -1.90. The molecule has 0 atom stereocenters. The maximum absolute atomic E-state index is 3.93. The summed E-state index contributed by atoms with van der Waals surface area (Å²) in [6.45, 7) is 14.3. The third kappa shape index (κ3) is 4.83. The van der Waals surface area contributed by atoms with Gasteiger partial charge in [0, 0.05) is 0 Å². The van der Waals surface area contributed by atoms with E-state index in [1.165, 1.54) is 0 Å². The topological polar surface area (TPSA) is 24.7 Å². The summed E-state index contributed by atoms with van der Waals surface area (Å²) in [5.74, 6) is 0. The van der Waals surface area contributed by atoms with Gasteiger partial charge in [0.2, 0.25) is 0 Å². The number of azo groups is 1. The van der Waals surface area contributed by atoms with Crippen LogP contribution in [-0.2, 0) is 0 Å². The monoisotopic (exact) mass is 186 g/mol. The zero-order chi connectivity index (χ0) is 10.8. The van der Waals surface area contributed by atoms with Gasteiger partial charge < -0.3 is 0 Å². The van der Waals surface area contributed by atoms with Gasteiger partial charge in [-0.3, -0.25) is 0 Å². The molecule has 0 aliphatic heterocycles. The van der Waals surface area contributed by atoms with Gasteiger partial charge in [-0.25, -0.2) is 0 Å². The molecular formula is C12H14N2. The molecule has 0 unspecified atom stereocenters. The lowest BCUT2D eigenvalue weighted by molar-refractivity contribution is 1.12. The summed E-state index contributed by atoms with van der Waals surface area (Å²) in [4.78, 5) is 0. The Hall–Kier alpha value is -1.96. The maximum atomic E-state index is 3.93. The first-order valence-electron chi connectivity index (χ1n) is 4.10. The molecule has 2 heteroatoms. The predicted octanol–water partition coefficient (Wildman–Crippen LogP) is 3.95. The molecule has 0 amide bonds. The van der Waals surface area contributed by atoms with Crippen molar-refractivity contribution in [3.8, 4) is 0 Å². The van der Waals surface area contributed by atoms with Crippen molar-refractivity contribution in [2.24, 2.45) is 10.2 Å². The molecule has 0 aromatic heterocycles. The average Bonchev–Trinajstić information content (AvgIpc) is 2.22. The van der Waals surface area contributed by atoms with Gasteiger partial charge in [-0.15, -0.1) is 0 Å². The van der Waals surface area contributed by atoms with Crippen molar-refractivity contribution in [1.29, 1.82) is 0 Å². The first kappa shape index (κ1) is 12.0. The minimum atomic E-state index is 0.650. The molecule has 0 aromatic rings. The highest BCUT2D eigenvalue weighted by Crippen LogP contribution is 2.05. The summed E-state index contributed by atoms with van der Waals surface area (Å²) in [5.41, 5.74) is 1.30. The van der Waals surface area contributed by atoms with Gasteiger partial charge in [0.25, 0.3) is 0 Å². The minimum absolute atomic E-state index is 0.650. The zero-order valence-electron chi connectivity index (χ0n) is 8.19. The lowest BCUT2D eigenvalue weighted by atomic mass is 10.4. The van der Waals surface area contributed by atoms with Crippen LogP contribution in [0, 0.1) is 0 Å². The first-order chi connectivity index (χ1) is 6.78. The Morgan fingerprint density at radius 2 is 1.07 bits per heavy atom. The highest BCUT2D eigenvalue weighted by Gasteiger charge is 1.86. The van der Waals surface area contributed by atoms with Crippen molar-refractivity contribution in [2.75, 3.05) is 0 Å². The Morgan fingerprint density at radius 3 is 1.29 bits per heavy atom. The Labute approximate surface area is 85.1 Å². The van der Waals surface area contributed by atoms with Crippen LogP contribution in [0.4, 0.5) is 0 Å². The van der Waals surface area contributed by atoms with Crippen molar-refractivity contribution in [1.82, 2.24) is 0 Å². The molecule has 14 heavy (non-hydrogen) atoms. The van der Waals surface area contributed by atoms with Crippen molar-refractivity contribution in [3.05, 3.63) is 74.2 Å². The van der Waals surface area contributed by atoms with Gasteiger partial charge in [-0.1, -0.05) is 38.5 Å². The predicted molar refractivity (Wildman–Crippen MR) is 61.8 cm³/mol. The maximum Gasteiger partial charge on any atom is 0.0850 e. The molecule has 2 nitrogen and oxygen atoms in total. The van der Waals surface area contributed by atoms with E-state index in [9.17, 15) is 0 Å². The fourth-order valence-corrected chi connectivity index (χ4v) is 0.641. The minimum Gasteiger partial charge on any atom is -0.151 e. The van der Waals surface area contributed by atoms with Gasteiger partial charge >= 0.3 is 0 Å². The van der Waals surface area contributed by atoms with Crippen LogP contribution in [0.2, 0.25) is 0 Å². The Bertz CT molecular complexity index is 285. The highest BCUT2D eigenvalue weighted by atomic mass is 15.1. The van der Waals surface area contributed by atoms with Gasteiger partial charge in [0.1, 0.15) is 0 Å². The van der Waals surface area contributed by atoms with E-state index in [1.54, 1.807) is 36.5 Å². The molecule has 0 fully saturated rings. The molecule has 72 valence electrons. The van der Waals surface area contributed by atoms with Gasteiger partial charge in [-0.05, 0) is 24.3 Å². The molecule has 0 spiro atoms. The lowest BCUT2D eigenvalue weighted by Crippen LogP contribution is -1.71. The molecule has 0 radical (unpaired) electrons. The summed E-state index contributed by atoms with van der Waals surface area (Å²) < 4.78 is 0. The highest BCUT2D eigenvalue weighted by molar-refractivity contribution is 5.22. The number of hydrogen-bond acceptors (Lipinski definition) is 2. The average molecular weight is 186 g/mol. The van der Waals surface area contributed by atoms with Crippen LogP contribution in [0.25, 0.3) is 0 Å². The van der Waals surface area contributed by atoms with Crippen molar-refractivity contribution < 1.29 is 0 Å². The molecule has 0 saturated carbocycles. The van der Waals surface area contributed by atoms with Crippen molar-refractivity contribution in [3.63, 3.8) is 0 Å². The SMILES string of the molecule is C=C/C=C(\C=C)N=N/C(C=C)=C/C=C. The largest absolute Gasteiger partial charge is 0.151 e. The van der Waals surface area contributed by atoms with Crippen LogP contribution in [0.5, 0.6) is 0 Å². The van der Waals surface area contributed by atoms with E-state index >= 15 is 0 Å². The third-order valence-electron chi connectivity index (χ3n) is 1.28. The van der Waals surface area contributed by atoms with Crippen LogP contribution < -0.4 is 0 Å². The van der Waals surface area contributed by atoms with Crippen LogP contribution in [0.3, 0.4) is 0 Å². The summed E-state index contributed by atoms with van der Waals surface area (Å²) in [7, 11) is 0. The second-order valence-corrected chi connectivity index (χ2v) is 2.26. The fraction of sp³-hybridized carbons (Fsp3) is 0. The first-order valence-corrected chi connectivity index (χ1v) is 4.10. The van der Waals surface area contributed by atoms with E-state index in [2.05, 4.69) is 36.5 Å². The van der Waals surface area contributed by atoms with Crippen molar-refractivity contribution in [2.45, 2.75) is 0 Å². The van der Waals surface area contributed by atoms with Crippen LogP contribution in [0.15, 0.2) is 84.4 Å². The molecule has 0 saturated heterocycles. The molecule has 0 bridgehead atoms. The Morgan fingerprint density at radius 1 is 0.714 bits per heavy atom. The van der Waals surface area contributed by atoms with E-state index < -0.39 is 0 Å². The summed E-state index contributed by atoms with van der Waals surface area (Å²) in [6, 6.07) is 0. The summed E-state index contributed by atoms with van der Waals surface area (Å²) in [6.07, 6.45) is 9.87. The van der Waals surface area contributed by atoms with Gasteiger partial charge in [0.05, 0.1) is 11.4 Å². The molecule has 0 aliphatic rings. The molecule has 0 aliphatic carbocycles. The summed E-state index contributed by atoms with van der Waals surface area (Å²) >= 11 is 0.